The second-order valence-corrected chi connectivity index (χ2v) is 6.96. The van der Waals surface area contributed by atoms with Crippen LogP contribution in [0, 0.1) is 6.92 Å². The van der Waals surface area contributed by atoms with Crippen molar-refractivity contribution in [3.8, 4) is 5.75 Å². The molecule has 0 aliphatic heterocycles. The standard InChI is InChI=1S/C20H22N2O/c1-13-5-7-15(23)12-19(13)22-18-9-10-21-17-8-6-14(11-16(17)18)20(2,3)4/h5-12,23H,1-4H3,(H,21,22). The molecule has 1 aromatic heterocycles. The third-order valence-corrected chi connectivity index (χ3v) is 4.10. The Morgan fingerprint density at radius 2 is 1.74 bits per heavy atom. The van der Waals surface area contributed by atoms with E-state index in [0.717, 1.165) is 27.8 Å². The van der Waals surface area contributed by atoms with E-state index in [2.05, 4.69) is 49.3 Å². The number of aromatic nitrogens is 1. The Balaban J connectivity index is 2.11. The predicted molar refractivity (Wildman–Crippen MR) is 96.6 cm³/mol. The summed E-state index contributed by atoms with van der Waals surface area (Å²) in [6, 6.07) is 13.7. The molecule has 0 atom stereocenters. The van der Waals surface area contributed by atoms with Crippen molar-refractivity contribution in [1.29, 1.82) is 0 Å². The van der Waals surface area contributed by atoms with Gasteiger partial charge in [0.1, 0.15) is 5.75 Å². The Morgan fingerprint density at radius 1 is 0.957 bits per heavy atom. The van der Waals surface area contributed by atoms with Gasteiger partial charge in [-0.15, -0.1) is 0 Å². The van der Waals surface area contributed by atoms with E-state index in [9.17, 15) is 5.11 Å². The van der Waals surface area contributed by atoms with Crippen LogP contribution in [0.3, 0.4) is 0 Å². The molecule has 23 heavy (non-hydrogen) atoms. The van der Waals surface area contributed by atoms with E-state index in [1.54, 1.807) is 18.3 Å². The van der Waals surface area contributed by atoms with Crippen molar-refractivity contribution in [2.75, 3.05) is 5.32 Å². The van der Waals surface area contributed by atoms with E-state index in [4.69, 9.17) is 0 Å². The Labute approximate surface area is 137 Å². The highest BCUT2D eigenvalue weighted by atomic mass is 16.3. The number of rotatable bonds is 2. The minimum atomic E-state index is 0.0855. The fourth-order valence-corrected chi connectivity index (χ4v) is 2.61. The molecule has 3 nitrogen and oxygen atoms in total. The first-order valence-electron chi connectivity index (χ1n) is 7.80. The number of aromatic hydroxyl groups is 1. The number of pyridine rings is 1. The minimum Gasteiger partial charge on any atom is -0.508 e. The van der Waals surface area contributed by atoms with Gasteiger partial charge in [-0.25, -0.2) is 0 Å². The van der Waals surface area contributed by atoms with Crippen LogP contribution < -0.4 is 5.32 Å². The normalized spacial score (nSPS) is 11.7. The zero-order valence-corrected chi connectivity index (χ0v) is 14.0. The summed E-state index contributed by atoms with van der Waals surface area (Å²) in [7, 11) is 0. The Bertz CT molecular complexity index is 863. The van der Waals surface area contributed by atoms with E-state index in [-0.39, 0.29) is 11.2 Å². The van der Waals surface area contributed by atoms with Crippen molar-refractivity contribution in [3.05, 3.63) is 59.8 Å². The van der Waals surface area contributed by atoms with Gasteiger partial charge in [0.05, 0.1) is 5.52 Å². The van der Waals surface area contributed by atoms with Crippen LogP contribution in [0.5, 0.6) is 5.75 Å². The van der Waals surface area contributed by atoms with Crippen LogP contribution in [0.2, 0.25) is 0 Å². The summed E-state index contributed by atoms with van der Waals surface area (Å²) in [6.07, 6.45) is 1.81. The summed E-state index contributed by atoms with van der Waals surface area (Å²) in [5.41, 5.74) is 5.30. The van der Waals surface area contributed by atoms with Gasteiger partial charge in [0.25, 0.3) is 0 Å². The molecule has 0 amide bonds. The summed E-state index contributed by atoms with van der Waals surface area (Å²) in [6.45, 7) is 8.64. The maximum atomic E-state index is 9.73. The first-order valence-corrected chi connectivity index (χ1v) is 7.80. The monoisotopic (exact) mass is 306 g/mol. The van der Waals surface area contributed by atoms with Crippen molar-refractivity contribution in [3.63, 3.8) is 0 Å². The highest BCUT2D eigenvalue weighted by Gasteiger charge is 2.15. The van der Waals surface area contributed by atoms with Crippen LogP contribution in [0.4, 0.5) is 11.4 Å². The van der Waals surface area contributed by atoms with Gasteiger partial charge in [0.15, 0.2) is 0 Å². The third-order valence-electron chi connectivity index (χ3n) is 4.10. The Kier molecular flexibility index (Phi) is 3.72. The molecule has 0 aliphatic rings. The molecule has 0 radical (unpaired) electrons. The number of nitrogens with zero attached hydrogens (tertiary/aromatic N) is 1. The molecule has 3 heteroatoms. The summed E-state index contributed by atoms with van der Waals surface area (Å²) in [5, 5.41) is 14.2. The van der Waals surface area contributed by atoms with Crippen molar-refractivity contribution < 1.29 is 5.11 Å². The van der Waals surface area contributed by atoms with Crippen LogP contribution in [-0.4, -0.2) is 10.1 Å². The molecule has 0 fully saturated rings. The zero-order chi connectivity index (χ0) is 16.6. The summed E-state index contributed by atoms with van der Waals surface area (Å²) < 4.78 is 0. The maximum Gasteiger partial charge on any atom is 0.117 e. The predicted octanol–water partition coefficient (Wildman–Crippen LogP) is 5.29. The first-order chi connectivity index (χ1) is 10.8. The molecule has 0 spiro atoms. The van der Waals surface area contributed by atoms with Crippen LogP contribution in [-0.2, 0) is 5.41 Å². The second-order valence-electron chi connectivity index (χ2n) is 6.96. The van der Waals surface area contributed by atoms with E-state index in [1.807, 2.05) is 19.1 Å². The topological polar surface area (TPSA) is 45.1 Å². The molecule has 1 heterocycles. The smallest absolute Gasteiger partial charge is 0.117 e. The highest BCUT2D eigenvalue weighted by molar-refractivity contribution is 5.93. The van der Waals surface area contributed by atoms with Crippen molar-refractivity contribution in [1.82, 2.24) is 4.98 Å². The molecule has 3 rings (SSSR count). The lowest BCUT2D eigenvalue weighted by molar-refractivity contribution is 0.475. The van der Waals surface area contributed by atoms with Crippen molar-refractivity contribution in [2.45, 2.75) is 33.1 Å². The number of hydrogen-bond acceptors (Lipinski definition) is 3. The quantitative estimate of drug-likeness (QED) is 0.676. The number of phenols is 1. The fraction of sp³-hybridized carbons (Fsp3) is 0.250. The van der Waals surface area contributed by atoms with Crippen molar-refractivity contribution >= 4 is 22.3 Å². The SMILES string of the molecule is Cc1ccc(O)cc1Nc1ccnc2ccc(C(C)(C)C)cc12. The van der Waals surface area contributed by atoms with E-state index < -0.39 is 0 Å². The lowest BCUT2D eigenvalue weighted by Gasteiger charge is -2.20. The lowest BCUT2D eigenvalue weighted by Crippen LogP contribution is -2.10. The van der Waals surface area contributed by atoms with E-state index in [1.165, 1.54) is 5.56 Å². The summed E-state index contributed by atoms with van der Waals surface area (Å²) in [4.78, 5) is 4.46. The van der Waals surface area contributed by atoms with Crippen LogP contribution in [0.25, 0.3) is 10.9 Å². The number of nitrogens with one attached hydrogen (secondary N) is 1. The van der Waals surface area contributed by atoms with Crippen molar-refractivity contribution in [2.24, 2.45) is 0 Å². The number of aryl methyl sites for hydroxylation is 1. The molecule has 0 saturated carbocycles. The van der Waals surface area contributed by atoms with Gasteiger partial charge < -0.3 is 10.4 Å². The van der Waals surface area contributed by atoms with Crippen LogP contribution in [0.1, 0.15) is 31.9 Å². The maximum absolute atomic E-state index is 9.73. The molecule has 3 aromatic rings. The van der Waals surface area contributed by atoms with Crippen LogP contribution >= 0.6 is 0 Å². The Morgan fingerprint density at radius 3 is 2.48 bits per heavy atom. The average Bonchev–Trinajstić information content (AvgIpc) is 2.50. The molecule has 0 bridgehead atoms. The molecule has 0 aliphatic carbocycles. The van der Waals surface area contributed by atoms with Gasteiger partial charge in [-0.3, -0.25) is 4.98 Å². The van der Waals surface area contributed by atoms with E-state index >= 15 is 0 Å². The molecule has 0 saturated heterocycles. The highest BCUT2D eigenvalue weighted by Crippen LogP contribution is 2.32. The third kappa shape index (κ3) is 3.14. The number of hydrogen-bond donors (Lipinski definition) is 2. The van der Waals surface area contributed by atoms with Gasteiger partial charge in [-0.1, -0.05) is 32.9 Å². The minimum absolute atomic E-state index is 0.0855. The van der Waals surface area contributed by atoms with Crippen LogP contribution in [0.15, 0.2) is 48.7 Å². The first kappa shape index (κ1) is 15.3. The molecular weight excluding hydrogens is 284 g/mol. The molecule has 2 N–H and O–H groups in total. The molecular formula is C20H22N2O. The fourth-order valence-electron chi connectivity index (χ4n) is 2.61. The number of anilines is 2. The molecule has 2 aromatic carbocycles. The number of fused-ring (bicyclic) bond motifs is 1. The zero-order valence-electron chi connectivity index (χ0n) is 14.0. The van der Waals surface area contributed by atoms with Gasteiger partial charge >= 0.3 is 0 Å². The number of benzene rings is 2. The summed E-state index contributed by atoms with van der Waals surface area (Å²) >= 11 is 0. The number of phenolic OH excluding ortho intramolecular Hbond substituents is 1. The van der Waals surface area contributed by atoms with E-state index in [0.29, 0.717) is 0 Å². The Hall–Kier alpha value is -2.55. The second kappa shape index (κ2) is 5.58. The molecule has 0 unspecified atom stereocenters. The van der Waals surface area contributed by atoms with Gasteiger partial charge in [0.2, 0.25) is 0 Å². The van der Waals surface area contributed by atoms with Gasteiger partial charge in [-0.2, -0.15) is 0 Å². The average molecular weight is 306 g/mol. The lowest BCUT2D eigenvalue weighted by atomic mass is 9.86. The molecule has 118 valence electrons. The summed E-state index contributed by atoms with van der Waals surface area (Å²) in [5.74, 6) is 0.256. The van der Waals surface area contributed by atoms with Gasteiger partial charge in [-0.05, 0) is 47.7 Å². The largest absolute Gasteiger partial charge is 0.508 e. The van der Waals surface area contributed by atoms with Gasteiger partial charge in [0, 0.05) is 29.0 Å².